The molecule has 2 aromatic rings. The first-order chi connectivity index (χ1) is 9.16. The summed E-state index contributed by atoms with van der Waals surface area (Å²) in [5.41, 5.74) is 0.993. The largest absolute Gasteiger partial charge is 0.280 e. The van der Waals surface area contributed by atoms with Gasteiger partial charge in [-0.3, -0.25) is 4.79 Å². The summed E-state index contributed by atoms with van der Waals surface area (Å²) in [5, 5.41) is 3.25. The van der Waals surface area contributed by atoms with Gasteiger partial charge in [-0.2, -0.15) is 0 Å². The lowest BCUT2D eigenvalue weighted by Gasteiger charge is -2.04. The van der Waals surface area contributed by atoms with Crippen molar-refractivity contribution in [3.05, 3.63) is 52.9 Å². The Kier molecular flexibility index (Phi) is 3.10. The molecule has 3 rings (SSSR count). The number of thiocarbonyl (C=S) groups is 1. The molecule has 0 radical (unpaired) electrons. The van der Waals surface area contributed by atoms with Crippen LogP contribution in [-0.2, 0) is 4.79 Å². The summed E-state index contributed by atoms with van der Waals surface area (Å²) in [6.07, 6.45) is 1.84. The minimum absolute atomic E-state index is 0.247. The molecular weight excluding hydrogens is 276 g/mol. The molecule has 2 aromatic carbocycles. The first kappa shape index (κ1) is 12.3. The molecule has 0 atom stereocenters. The fourth-order valence-electron chi connectivity index (χ4n) is 2.00. The van der Waals surface area contributed by atoms with E-state index < -0.39 is 0 Å². The molecule has 1 heterocycles. The van der Waals surface area contributed by atoms with Crippen LogP contribution >= 0.6 is 24.0 Å². The number of carbonyl (C=O) groups is 1. The number of benzene rings is 2. The van der Waals surface area contributed by atoms with Crippen molar-refractivity contribution < 1.29 is 4.79 Å². The lowest BCUT2D eigenvalue weighted by molar-refractivity contribution is -0.122. The molecule has 1 aliphatic heterocycles. The van der Waals surface area contributed by atoms with Crippen molar-refractivity contribution in [1.29, 1.82) is 0 Å². The number of carbonyl (C=O) groups excluding carboxylic acids is 1. The highest BCUT2D eigenvalue weighted by molar-refractivity contribution is 8.26. The third-order valence-corrected chi connectivity index (χ3v) is 4.26. The van der Waals surface area contributed by atoms with E-state index in [9.17, 15) is 4.79 Å². The molecule has 1 aliphatic rings. The summed E-state index contributed by atoms with van der Waals surface area (Å²) < 4.78 is 0.386. The molecule has 0 unspecified atom stereocenters. The lowest BCUT2D eigenvalue weighted by Crippen LogP contribution is -2.34. The van der Waals surface area contributed by atoms with Crippen molar-refractivity contribution in [2.24, 2.45) is 5.84 Å². The van der Waals surface area contributed by atoms with Crippen LogP contribution in [0.25, 0.3) is 16.8 Å². The molecule has 0 aromatic heterocycles. The molecule has 1 saturated heterocycles. The molecule has 1 fully saturated rings. The van der Waals surface area contributed by atoms with Gasteiger partial charge in [0.15, 0.2) is 4.32 Å². The summed E-state index contributed by atoms with van der Waals surface area (Å²) in [6.45, 7) is 0. The van der Waals surface area contributed by atoms with Crippen LogP contribution in [0.1, 0.15) is 5.56 Å². The van der Waals surface area contributed by atoms with Crippen LogP contribution in [0, 0.1) is 0 Å². The van der Waals surface area contributed by atoms with Gasteiger partial charge in [0.1, 0.15) is 0 Å². The summed E-state index contributed by atoms with van der Waals surface area (Å²) in [6, 6.07) is 14.0. The second kappa shape index (κ2) is 4.77. The highest BCUT2D eigenvalue weighted by Crippen LogP contribution is 2.31. The van der Waals surface area contributed by atoms with Gasteiger partial charge in [0.05, 0.1) is 4.91 Å². The fourth-order valence-corrected chi connectivity index (χ4v) is 3.09. The maximum atomic E-state index is 11.9. The highest BCUT2D eigenvalue weighted by Gasteiger charge is 2.29. The van der Waals surface area contributed by atoms with Crippen molar-refractivity contribution in [2.45, 2.75) is 0 Å². The average Bonchev–Trinajstić information content (AvgIpc) is 2.67. The maximum absolute atomic E-state index is 11.9. The van der Waals surface area contributed by atoms with Gasteiger partial charge in [-0.05, 0) is 22.4 Å². The topological polar surface area (TPSA) is 46.3 Å². The zero-order valence-corrected chi connectivity index (χ0v) is 11.5. The Morgan fingerprint density at radius 1 is 1.16 bits per heavy atom. The minimum Gasteiger partial charge on any atom is -0.267 e. The van der Waals surface area contributed by atoms with Crippen molar-refractivity contribution in [1.82, 2.24) is 5.01 Å². The van der Waals surface area contributed by atoms with Gasteiger partial charge in [0.2, 0.25) is 0 Å². The zero-order valence-electron chi connectivity index (χ0n) is 9.87. The molecule has 5 heteroatoms. The number of hydrogen-bond donors (Lipinski definition) is 1. The van der Waals surface area contributed by atoms with Crippen LogP contribution in [0.5, 0.6) is 0 Å². The molecule has 2 N–H and O–H groups in total. The predicted octanol–water partition coefficient (Wildman–Crippen LogP) is 2.91. The smallest absolute Gasteiger partial charge is 0.267 e. The average molecular weight is 286 g/mol. The second-order valence-electron chi connectivity index (χ2n) is 4.12. The Bertz CT molecular complexity index is 719. The fraction of sp³-hybridized carbons (Fsp3) is 0. The standard InChI is InChI=1S/C14H10N2OS2/c15-16-13(17)12(19-14(16)18)8-10-6-3-5-9-4-1-2-7-11(9)10/h1-8H,15H2/b12-8-. The van der Waals surface area contributed by atoms with Crippen molar-refractivity contribution in [2.75, 3.05) is 0 Å². The van der Waals surface area contributed by atoms with Crippen LogP contribution < -0.4 is 5.84 Å². The van der Waals surface area contributed by atoms with Gasteiger partial charge < -0.3 is 0 Å². The van der Waals surface area contributed by atoms with Crippen LogP contribution in [0.3, 0.4) is 0 Å². The van der Waals surface area contributed by atoms with Gasteiger partial charge in [-0.1, -0.05) is 66.4 Å². The summed E-state index contributed by atoms with van der Waals surface area (Å²) >= 11 is 6.24. The van der Waals surface area contributed by atoms with Crippen molar-refractivity contribution in [3.63, 3.8) is 0 Å². The molecule has 19 heavy (non-hydrogen) atoms. The van der Waals surface area contributed by atoms with Gasteiger partial charge in [0, 0.05) is 0 Å². The molecule has 94 valence electrons. The van der Waals surface area contributed by atoms with E-state index in [1.165, 1.54) is 11.8 Å². The number of rotatable bonds is 1. The Balaban J connectivity index is 2.12. The maximum Gasteiger partial charge on any atom is 0.280 e. The number of thioether (sulfide) groups is 1. The molecule has 0 bridgehead atoms. The lowest BCUT2D eigenvalue weighted by atomic mass is 10.0. The number of hydrogen-bond acceptors (Lipinski definition) is 4. The first-order valence-electron chi connectivity index (χ1n) is 5.67. The normalized spacial score (nSPS) is 17.7. The summed E-state index contributed by atoms with van der Waals surface area (Å²) in [7, 11) is 0. The van der Waals surface area contributed by atoms with E-state index >= 15 is 0 Å². The van der Waals surface area contributed by atoms with Gasteiger partial charge in [-0.15, -0.1) is 0 Å². The van der Waals surface area contributed by atoms with E-state index in [2.05, 4.69) is 0 Å². The Hall–Kier alpha value is -1.69. The molecule has 1 amide bonds. The Morgan fingerprint density at radius 3 is 2.63 bits per heavy atom. The first-order valence-corrected chi connectivity index (χ1v) is 6.90. The molecule has 0 spiro atoms. The van der Waals surface area contributed by atoms with Crippen molar-refractivity contribution >= 4 is 51.1 Å². The van der Waals surface area contributed by atoms with E-state index in [0.717, 1.165) is 21.3 Å². The number of hydrazine groups is 1. The van der Waals surface area contributed by atoms with Gasteiger partial charge >= 0.3 is 0 Å². The van der Waals surface area contributed by atoms with E-state index in [1.807, 2.05) is 48.5 Å². The molecule has 0 saturated carbocycles. The van der Waals surface area contributed by atoms with E-state index in [4.69, 9.17) is 18.1 Å². The second-order valence-corrected chi connectivity index (χ2v) is 5.80. The molecule has 0 aliphatic carbocycles. The predicted molar refractivity (Wildman–Crippen MR) is 83.1 cm³/mol. The molecular formula is C14H10N2OS2. The number of nitrogens with two attached hydrogens (primary N) is 1. The quantitative estimate of drug-likeness (QED) is 0.379. The van der Waals surface area contributed by atoms with Gasteiger partial charge in [0.25, 0.3) is 5.91 Å². The van der Waals surface area contributed by atoms with Gasteiger partial charge in [-0.25, -0.2) is 10.9 Å². The van der Waals surface area contributed by atoms with E-state index in [1.54, 1.807) is 0 Å². The number of nitrogens with zero attached hydrogens (tertiary/aromatic N) is 1. The monoisotopic (exact) mass is 286 g/mol. The van der Waals surface area contributed by atoms with Crippen LogP contribution in [0.4, 0.5) is 0 Å². The Labute approximate surface area is 120 Å². The third kappa shape index (κ3) is 2.16. The zero-order chi connectivity index (χ0) is 13.4. The van der Waals surface area contributed by atoms with E-state index in [-0.39, 0.29) is 5.91 Å². The summed E-state index contributed by atoms with van der Waals surface area (Å²) in [4.78, 5) is 12.4. The highest BCUT2D eigenvalue weighted by atomic mass is 32.2. The third-order valence-electron chi connectivity index (χ3n) is 2.93. The van der Waals surface area contributed by atoms with Crippen LogP contribution in [0.15, 0.2) is 47.4 Å². The van der Waals surface area contributed by atoms with Crippen molar-refractivity contribution in [3.8, 4) is 0 Å². The SMILES string of the molecule is NN1C(=O)/C(=C/c2cccc3ccccc23)SC1=S. The minimum atomic E-state index is -0.247. The van der Waals surface area contributed by atoms with E-state index in [0.29, 0.717) is 9.23 Å². The van der Waals surface area contributed by atoms with Crippen LogP contribution in [0.2, 0.25) is 0 Å². The van der Waals surface area contributed by atoms with Crippen LogP contribution in [-0.4, -0.2) is 15.2 Å². The Morgan fingerprint density at radius 2 is 1.89 bits per heavy atom. The molecule has 3 nitrogen and oxygen atoms in total. The number of fused-ring (bicyclic) bond motifs is 1. The number of amides is 1. The summed E-state index contributed by atoms with van der Waals surface area (Å²) in [5.74, 6) is 5.31.